The lowest BCUT2D eigenvalue weighted by Crippen LogP contribution is -2.29. The molecule has 106 valence electrons. The number of likely N-dealkylation sites (tertiary alicyclic amines) is 1. The van der Waals surface area contributed by atoms with Gasteiger partial charge in [-0.2, -0.15) is 0 Å². The van der Waals surface area contributed by atoms with Crippen LogP contribution in [-0.2, 0) is 0 Å². The van der Waals surface area contributed by atoms with Gasteiger partial charge in [-0.3, -0.25) is 4.57 Å². The fourth-order valence-electron chi connectivity index (χ4n) is 2.57. The molecule has 1 unspecified atom stereocenters. The molecule has 8 heteroatoms. The number of carboxylic acid groups (broad SMARTS) is 1. The monoisotopic (exact) mass is 278 g/mol. The maximum atomic E-state index is 12.1. The van der Waals surface area contributed by atoms with E-state index in [0.717, 1.165) is 0 Å². The van der Waals surface area contributed by atoms with Crippen molar-refractivity contribution in [3.8, 4) is 5.75 Å². The van der Waals surface area contributed by atoms with Gasteiger partial charge in [0.15, 0.2) is 5.65 Å². The fourth-order valence-corrected chi connectivity index (χ4v) is 2.57. The number of hydrogen-bond acceptors (Lipinski definition) is 4. The van der Waals surface area contributed by atoms with E-state index in [2.05, 4.69) is 9.97 Å². The van der Waals surface area contributed by atoms with Gasteiger partial charge in [0.2, 0.25) is 0 Å². The first kappa shape index (κ1) is 12.5. The molecule has 1 fully saturated rings. The van der Waals surface area contributed by atoms with Gasteiger partial charge in [-0.1, -0.05) is 0 Å². The molecule has 0 aromatic carbocycles. The maximum absolute atomic E-state index is 12.1. The van der Waals surface area contributed by atoms with Gasteiger partial charge in [0.05, 0.1) is 24.9 Å². The predicted molar refractivity (Wildman–Crippen MR) is 70.2 cm³/mol. The average Bonchev–Trinajstić information content (AvgIpc) is 3.00. The molecule has 0 aliphatic carbocycles. The number of rotatable bonds is 2. The normalized spacial score (nSPS) is 18.6. The number of methoxy groups -OCH3 is 1. The van der Waals surface area contributed by atoms with Crippen LogP contribution in [0.15, 0.2) is 17.1 Å². The van der Waals surface area contributed by atoms with Crippen molar-refractivity contribution in [3.63, 3.8) is 0 Å². The highest BCUT2D eigenvalue weighted by molar-refractivity contribution is 5.72. The van der Waals surface area contributed by atoms with Crippen LogP contribution in [0.3, 0.4) is 0 Å². The smallest absolute Gasteiger partial charge is 0.407 e. The Labute approximate surface area is 113 Å². The highest BCUT2D eigenvalue weighted by Gasteiger charge is 2.29. The van der Waals surface area contributed by atoms with Crippen molar-refractivity contribution in [2.24, 2.45) is 0 Å². The summed E-state index contributed by atoms with van der Waals surface area (Å²) in [4.78, 5) is 31.3. The van der Waals surface area contributed by atoms with Crippen LogP contribution < -0.4 is 10.4 Å². The first-order valence-electron chi connectivity index (χ1n) is 6.22. The molecule has 20 heavy (non-hydrogen) atoms. The molecule has 0 saturated carbocycles. The minimum Gasteiger partial charge on any atom is -0.495 e. The van der Waals surface area contributed by atoms with E-state index in [0.29, 0.717) is 36.4 Å². The molecule has 8 nitrogen and oxygen atoms in total. The standard InChI is InChI=1S/C12H14N4O4/c1-20-8-4-9-10(13-5-8)16(11(17)14-9)7-2-3-15(6-7)12(18)19/h4-5,7H,2-3,6H2,1H3,(H,14,17)(H,18,19). The number of nitrogens with zero attached hydrogens (tertiary/aromatic N) is 3. The number of nitrogens with one attached hydrogen (secondary N) is 1. The molecule has 1 aliphatic rings. The molecule has 2 aromatic heterocycles. The van der Waals surface area contributed by atoms with Crippen LogP contribution in [0.2, 0.25) is 0 Å². The number of amides is 1. The summed E-state index contributed by atoms with van der Waals surface area (Å²) in [6, 6.07) is 1.51. The lowest BCUT2D eigenvalue weighted by Gasteiger charge is -2.13. The van der Waals surface area contributed by atoms with Crippen molar-refractivity contribution in [2.75, 3.05) is 20.2 Å². The summed E-state index contributed by atoms with van der Waals surface area (Å²) in [5.74, 6) is 0.560. The Morgan fingerprint density at radius 1 is 1.60 bits per heavy atom. The average molecular weight is 278 g/mol. The second-order valence-corrected chi connectivity index (χ2v) is 4.72. The van der Waals surface area contributed by atoms with E-state index in [1.165, 1.54) is 22.8 Å². The summed E-state index contributed by atoms with van der Waals surface area (Å²) in [7, 11) is 1.53. The van der Waals surface area contributed by atoms with Crippen LogP contribution >= 0.6 is 0 Å². The molecule has 2 aromatic rings. The summed E-state index contributed by atoms with van der Waals surface area (Å²) >= 11 is 0. The lowest BCUT2D eigenvalue weighted by molar-refractivity contribution is 0.154. The zero-order valence-electron chi connectivity index (χ0n) is 10.9. The molecule has 0 radical (unpaired) electrons. The van der Waals surface area contributed by atoms with Crippen LogP contribution in [0.4, 0.5) is 4.79 Å². The molecule has 0 bridgehead atoms. The van der Waals surface area contributed by atoms with Crippen LogP contribution in [-0.4, -0.2) is 50.8 Å². The van der Waals surface area contributed by atoms with Crippen molar-refractivity contribution >= 4 is 17.3 Å². The first-order chi connectivity index (χ1) is 9.60. The lowest BCUT2D eigenvalue weighted by atomic mass is 10.2. The molecule has 3 heterocycles. The van der Waals surface area contributed by atoms with E-state index in [4.69, 9.17) is 9.84 Å². The number of hydrogen-bond donors (Lipinski definition) is 2. The SMILES string of the molecule is COc1cnc2c(c1)[nH]c(=O)n2C1CCN(C(=O)O)C1. The summed E-state index contributed by atoms with van der Waals surface area (Å²) in [5.41, 5.74) is 0.828. The number of aromatic nitrogens is 3. The van der Waals surface area contributed by atoms with E-state index < -0.39 is 6.09 Å². The Bertz CT molecular complexity index is 720. The Hall–Kier alpha value is -2.51. The van der Waals surface area contributed by atoms with Gasteiger partial charge in [-0.05, 0) is 6.42 Å². The van der Waals surface area contributed by atoms with Gasteiger partial charge >= 0.3 is 11.8 Å². The molecule has 2 N–H and O–H groups in total. The summed E-state index contributed by atoms with van der Waals surface area (Å²) < 4.78 is 6.59. The van der Waals surface area contributed by atoms with Crippen molar-refractivity contribution < 1.29 is 14.6 Å². The predicted octanol–water partition coefficient (Wildman–Crippen LogP) is 0.658. The number of ether oxygens (including phenoxy) is 1. The van der Waals surface area contributed by atoms with E-state index in [-0.39, 0.29) is 11.7 Å². The number of H-pyrrole nitrogens is 1. The zero-order valence-corrected chi connectivity index (χ0v) is 10.9. The topological polar surface area (TPSA) is 100 Å². The van der Waals surface area contributed by atoms with Crippen molar-refractivity contribution in [3.05, 3.63) is 22.7 Å². The maximum Gasteiger partial charge on any atom is 0.407 e. The molecule has 1 saturated heterocycles. The summed E-state index contributed by atoms with van der Waals surface area (Å²) in [6.45, 7) is 0.727. The van der Waals surface area contributed by atoms with Crippen molar-refractivity contribution in [2.45, 2.75) is 12.5 Å². The highest BCUT2D eigenvalue weighted by atomic mass is 16.5. The van der Waals surface area contributed by atoms with Crippen LogP contribution in [0, 0.1) is 0 Å². The van der Waals surface area contributed by atoms with Crippen LogP contribution in [0.25, 0.3) is 11.2 Å². The van der Waals surface area contributed by atoms with Gasteiger partial charge in [-0.25, -0.2) is 14.6 Å². The van der Waals surface area contributed by atoms with Gasteiger partial charge in [0.25, 0.3) is 0 Å². The van der Waals surface area contributed by atoms with Gasteiger partial charge in [0, 0.05) is 19.2 Å². The molecular weight excluding hydrogens is 264 g/mol. The Morgan fingerprint density at radius 3 is 3.05 bits per heavy atom. The molecule has 0 spiro atoms. The number of imidazole rings is 1. The number of fused-ring (bicyclic) bond motifs is 1. The van der Waals surface area contributed by atoms with E-state index in [9.17, 15) is 9.59 Å². The van der Waals surface area contributed by atoms with Crippen molar-refractivity contribution in [1.29, 1.82) is 0 Å². The van der Waals surface area contributed by atoms with Crippen LogP contribution in [0.1, 0.15) is 12.5 Å². The number of pyridine rings is 1. The van der Waals surface area contributed by atoms with E-state index >= 15 is 0 Å². The molecule has 1 amide bonds. The molecule has 1 atom stereocenters. The minimum atomic E-state index is -0.963. The second-order valence-electron chi connectivity index (χ2n) is 4.72. The zero-order chi connectivity index (χ0) is 14.3. The minimum absolute atomic E-state index is 0.187. The number of carbonyl (C=O) groups is 1. The van der Waals surface area contributed by atoms with Gasteiger partial charge < -0.3 is 19.7 Å². The quantitative estimate of drug-likeness (QED) is 0.840. The highest BCUT2D eigenvalue weighted by Crippen LogP contribution is 2.24. The third kappa shape index (κ3) is 1.89. The fraction of sp³-hybridized carbons (Fsp3) is 0.417. The molecule has 3 rings (SSSR count). The van der Waals surface area contributed by atoms with E-state index in [1.807, 2.05) is 0 Å². The third-order valence-corrected chi connectivity index (χ3v) is 3.56. The van der Waals surface area contributed by atoms with Gasteiger partial charge in [-0.15, -0.1) is 0 Å². The summed E-state index contributed by atoms with van der Waals surface area (Å²) in [6.07, 6.45) is 1.18. The van der Waals surface area contributed by atoms with Crippen molar-refractivity contribution in [1.82, 2.24) is 19.4 Å². The largest absolute Gasteiger partial charge is 0.495 e. The van der Waals surface area contributed by atoms with Crippen LogP contribution in [0.5, 0.6) is 5.75 Å². The Balaban J connectivity index is 2.02. The van der Waals surface area contributed by atoms with Gasteiger partial charge in [0.1, 0.15) is 5.75 Å². The first-order valence-corrected chi connectivity index (χ1v) is 6.22. The molecular formula is C12H14N4O4. The van der Waals surface area contributed by atoms with E-state index in [1.54, 1.807) is 6.07 Å². The summed E-state index contributed by atoms with van der Waals surface area (Å²) in [5, 5.41) is 8.98. The number of aromatic amines is 1. The second kappa shape index (κ2) is 4.55. The molecule has 1 aliphatic heterocycles. The third-order valence-electron chi connectivity index (χ3n) is 3.56. The Morgan fingerprint density at radius 2 is 2.40 bits per heavy atom. The Kier molecular flexibility index (Phi) is 2.85.